The van der Waals surface area contributed by atoms with Crippen LogP contribution in [0.25, 0.3) is 0 Å². The fraction of sp³-hybridized carbons (Fsp3) is 1.00. The predicted octanol–water partition coefficient (Wildman–Crippen LogP) is 1.89. The van der Waals surface area contributed by atoms with Crippen molar-refractivity contribution in [2.24, 2.45) is 5.92 Å². The molecule has 1 atom stereocenters. The quantitative estimate of drug-likeness (QED) is 0.724. The molecule has 1 saturated heterocycles. The minimum Gasteiger partial charge on any atom is -0.382 e. The Morgan fingerprint density at radius 2 is 1.90 bits per heavy atom. The Kier molecular flexibility index (Phi) is 7.88. The van der Waals surface area contributed by atoms with Crippen LogP contribution >= 0.6 is 0 Å². The third-order valence-corrected chi connectivity index (χ3v) is 4.72. The van der Waals surface area contributed by atoms with Gasteiger partial charge in [0.2, 0.25) is 0 Å². The average Bonchev–Trinajstić information content (AvgIpc) is 2.74. The zero-order chi connectivity index (χ0) is 14.0. The van der Waals surface area contributed by atoms with Gasteiger partial charge in [-0.25, -0.2) is 0 Å². The van der Waals surface area contributed by atoms with E-state index in [1.54, 1.807) is 7.11 Å². The summed E-state index contributed by atoms with van der Waals surface area (Å²) in [5, 5.41) is 3.79. The molecule has 20 heavy (non-hydrogen) atoms. The molecular weight excluding hydrogens is 252 g/mol. The lowest BCUT2D eigenvalue weighted by atomic mass is 9.83. The summed E-state index contributed by atoms with van der Waals surface area (Å²) in [6.07, 6.45) is 8.43. The maximum absolute atomic E-state index is 5.61. The van der Waals surface area contributed by atoms with Gasteiger partial charge in [-0.2, -0.15) is 0 Å². The second kappa shape index (κ2) is 9.72. The van der Waals surface area contributed by atoms with Gasteiger partial charge in [0.05, 0.1) is 19.8 Å². The lowest BCUT2D eigenvalue weighted by Crippen LogP contribution is -2.44. The van der Waals surface area contributed by atoms with Gasteiger partial charge in [0.1, 0.15) is 0 Å². The van der Waals surface area contributed by atoms with E-state index >= 15 is 0 Å². The number of hydrogen-bond donors (Lipinski definition) is 1. The molecule has 1 unspecified atom stereocenters. The topological polar surface area (TPSA) is 33.7 Å². The van der Waals surface area contributed by atoms with Crippen molar-refractivity contribution in [1.29, 1.82) is 0 Å². The van der Waals surface area contributed by atoms with Crippen LogP contribution in [0.5, 0.6) is 0 Å². The Bertz CT molecular complexity index is 245. The molecule has 1 heterocycles. The van der Waals surface area contributed by atoms with Gasteiger partial charge in [-0.3, -0.25) is 4.90 Å². The first kappa shape index (κ1) is 16.2. The second-order valence-corrected chi connectivity index (χ2v) is 6.22. The van der Waals surface area contributed by atoms with Crippen LogP contribution in [0.2, 0.25) is 0 Å². The molecule has 118 valence electrons. The molecule has 2 rings (SSSR count). The summed E-state index contributed by atoms with van der Waals surface area (Å²) in [6, 6.07) is 0.705. The lowest BCUT2D eigenvalue weighted by Gasteiger charge is -2.32. The van der Waals surface area contributed by atoms with Crippen LogP contribution < -0.4 is 5.32 Å². The minimum absolute atomic E-state index is 0.701. The van der Waals surface area contributed by atoms with Gasteiger partial charge in [0.25, 0.3) is 0 Å². The molecule has 1 aliphatic carbocycles. The zero-order valence-corrected chi connectivity index (χ0v) is 13.1. The predicted molar refractivity (Wildman–Crippen MR) is 82.1 cm³/mol. The molecule has 0 bridgehead atoms. The van der Waals surface area contributed by atoms with E-state index < -0.39 is 0 Å². The summed E-state index contributed by atoms with van der Waals surface area (Å²) >= 11 is 0. The van der Waals surface area contributed by atoms with Gasteiger partial charge in [-0.15, -0.1) is 0 Å². The van der Waals surface area contributed by atoms with Crippen LogP contribution in [0.4, 0.5) is 0 Å². The van der Waals surface area contributed by atoms with Gasteiger partial charge in [0.15, 0.2) is 0 Å². The van der Waals surface area contributed by atoms with E-state index in [4.69, 9.17) is 9.47 Å². The molecule has 0 aromatic rings. The summed E-state index contributed by atoms with van der Waals surface area (Å²) in [5.74, 6) is 0.902. The average molecular weight is 284 g/mol. The third-order valence-electron chi connectivity index (χ3n) is 4.72. The van der Waals surface area contributed by atoms with E-state index in [2.05, 4.69) is 10.2 Å². The maximum Gasteiger partial charge on any atom is 0.0700 e. The van der Waals surface area contributed by atoms with Crippen LogP contribution in [0.1, 0.15) is 38.5 Å². The van der Waals surface area contributed by atoms with E-state index in [0.29, 0.717) is 19.3 Å². The fourth-order valence-corrected chi connectivity index (χ4v) is 3.52. The van der Waals surface area contributed by atoms with Gasteiger partial charge < -0.3 is 14.8 Å². The van der Waals surface area contributed by atoms with Crippen molar-refractivity contribution < 1.29 is 9.47 Å². The molecular formula is C16H32N2O2. The number of methoxy groups -OCH3 is 1. The molecule has 2 aliphatic rings. The standard InChI is InChI=1S/C16H32N2O2/c1-19-12-13-20-11-10-18-9-5-8-17-16(14-18)15-6-3-2-4-7-15/h15-17H,2-14H2,1H3. The summed E-state index contributed by atoms with van der Waals surface area (Å²) < 4.78 is 10.6. The summed E-state index contributed by atoms with van der Waals surface area (Å²) in [7, 11) is 1.72. The number of nitrogens with one attached hydrogen (secondary N) is 1. The molecule has 4 nitrogen and oxygen atoms in total. The normalized spacial score (nSPS) is 26.6. The lowest BCUT2D eigenvalue weighted by molar-refractivity contribution is 0.0555. The van der Waals surface area contributed by atoms with Crippen molar-refractivity contribution in [3.8, 4) is 0 Å². The van der Waals surface area contributed by atoms with E-state index in [0.717, 1.165) is 19.1 Å². The molecule has 0 aromatic heterocycles. The van der Waals surface area contributed by atoms with Gasteiger partial charge in [0, 0.05) is 26.2 Å². The highest BCUT2D eigenvalue weighted by molar-refractivity contribution is 4.84. The number of hydrogen-bond acceptors (Lipinski definition) is 4. The van der Waals surface area contributed by atoms with Crippen molar-refractivity contribution >= 4 is 0 Å². The Morgan fingerprint density at radius 1 is 1.05 bits per heavy atom. The number of nitrogens with zero attached hydrogens (tertiary/aromatic N) is 1. The highest BCUT2D eigenvalue weighted by Gasteiger charge is 2.26. The fourth-order valence-electron chi connectivity index (χ4n) is 3.52. The van der Waals surface area contributed by atoms with E-state index in [1.807, 2.05) is 0 Å². The number of rotatable bonds is 7. The highest BCUT2D eigenvalue weighted by Crippen LogP contribution is 2.27. The van der Waals surface area contributed by atoms with Gasteiger partial charge in [-0.05, 0) is 38.3 Å². The largest absolute Gasteiger partial charge is 0.382 e. The molecule has 4 heteroatoms. The zero-order valence-electron chi connectivity index (χ0n) is 13.1. The van der Waals surface area contributed by atoms with Crippen molar-refractivity contribution in [2.45, 2.75) is 44.6 Å². The highest BCUT2D eigenvalue weighted by atomic mass is 16.5. The first-order chi connectivity index (χ1) is 9.90. The van der Waals surface area contributed by atoms with Crippen molar-refractivity contribution in [3.63, 3.8) is 0 Å². The Morgan fingerprint density at radius 3 is 2.70 bits per heavy atom. The van der Waals surface area contributed by atoms with Crippen LogP contribution in [0, 0.1) is 5.92 Å². The first-order valence-electron chi connectivity index (χ1n) is 8.42. The third kappa shape index (κ3) is 5.68. The first-order valence-corrected chi connectivity index (χ1v) is 8.42. The van der Waals surface area contributed by atoms with Crippen molar-refractivity contribution in [2.75, 3.05) is 53.1 Å². The van der Waals surface area contributed by atoms with Crippen LogP contribution in [-0.2, 0) is 9.47 Å². The van der Waals surface area contributed by atoms with E-state index in [-0.39, 0.29) is 0 Å². The molecule has 1 aliphatic heterocycles. The molecule has 0 amide bonds. The second-order valence-electron chi connectivity index (χ2n) is 6.22. The van der Waals surface area contributed by atoms with E-state index in [1.165, 1.54) is 58.2 Å². The molecule has 2 fully saturated rings. The Hall–Kier alpha value is -0.160. The van der Waals surface area contributed by atoms with Crippen LogP contribution in [0.15, 0.2) is 0 Å². The number of ether oxygens (including phenoxy) is 2. The summed E-state index contributed by atoms with van der Waals surface area (Å²) in [4.78, 5) is 2.59. The molecule has 0 spiro atoms. The maximum atomic E-state index is 5.61. The van der Waals surface area contributed by atoms with Crippen LogP contribution in [0.3, 0.4) is 0 Å². The van der Waals surface area contributed by atoms with Gasteiger partial charge >= 0.3 is 0 Å². The molecule has 1 saturated carbocycles. The van der Waals surface area contributed by atoms with Crippen LogP contribution in [-0.4, -0.2) is 64.1 Å². The minimum atomic E-state index is 0.701. The Balaban J connectivity index is 1.69. The smallest absolute Gasteiger partial charge is 0.0700 e. The molecule has 0 radical (unpaired) electrons. The monoisotopic (exact) mass is 284 g/mol. The molecule has 1 N–H and O–H groups in total. The van der Waals surface area contributed by atoms with Gasteiger partial charge in [-0.1, -0.05) is 19.3 Å². The summed E-state index contributed by atoms with van der Waals surface area (Å²) in [6.45, 7) is 6.92. The molecule has 0 aromatic carbocycles. The van der Waals surface area contributed by atoms with E-state index in [9.17, 15) is 0 Å². The summed E-state index contributed by atoms with van der Waals surface area (Å²) in [5.41, 5.74) is 0. The van der Waals surface area contributed by atoms with Crippen molar-refractivity contribution in [3.05, 3.63) is 0 Å². The SMILES string of the molecule is COCCOCCN1CCCNC(C2CCCCC2)C1. The van der Waals surface area contributed by atoms with Crippen molar-refractivity contribution in [1.82, 2.24) is 10.2 Å². The Labute approximate surface area is 124 Å².